The van der Waals surface area contributed by atoms with Gasteiger partial charge in [-0.15, -0.1) is 0 Å². The second kappa shape index (κ2) is 11.4. The molecule has 2 aliphatic rings. The Morgan fingerprint density at radius 1 is 0.326 bits per heavy atom. The van der Waals surface area contributed by atoms with E-state index in [0.29, 0.717) is 0 Å². The van der Waals surface area contributed by atoms with Gasteiger partial charge in [-0.2, -0.15) is 52.6 Å². The van der Waals surface area contributed by atoms with Crippen LogP contribution in [-0.4, -0.2) is 0 Å². The molecule has 0 atom stereocenters. The first-order chi connectivity index (χ1) is 22.4. The molecule has 3 aromatic rings. The highest BCUT2D eigenvalue weighted by atomic mass is 14.4. The van der Waals surface area contributed by atoms with Gasteiger partial charge in [-0.1, -0.05) is 0 Å². The summed E-state index contributed by atoms with van der Waals surface area (Å²) >= 11 is 0. The standard InChI is InChI=1S/C36H8N10/c37-9-19-1-20(10-38)4-23(3-19)29(13-41)35-27-7-26-28(8-25(27)31(15-43)33(35)17-45)36(34(18-46)32(26)16-44)30(14-42)24-5-21(11-39)2-22(6-24)12-40/h1-8H/b35-29+,36-30+. The van der Waals surface area contributed by atoms with Crippen molar-refractivity contribution >= 4 is 33.4 Å². The van der Waals surface area contributed by atoms with E-state index in [0.717, 1.165) is 0 Å². The Labute approximate surface area is 261 Å². The Balaban J connectivity index is 1.94. The molecule has 5 rings (SSSR count). The van der Waals surface area contributed by atoms with Crippen LogP contribution in [0, 0.1) is 113 Å². The van der Waals surface area contributed by atoms with Gasteiger partial charge in [-0.3, -0.25) is 0 Å². The molecule has 3 aromatic carbocycles. The van der Waals surface area contributed by atoms with Crippen LogP contribution in [0.15, 0.2) is 59.7 Å². The number of nitrogens with zero attached hydrogens (tertiary/aromatic N) is 10. The van der Waals surface area contributed by atoms with Gasteiger partial charge in [0.05, 0.1) is 80.0 Å². The summed E-state index contributed by atoms with van der Waals surface area (Å²) in [6, 6.07) is 30.8. The second-order valence-corrected chi connectivity index (χ2v) is 9.66. The normalized spacial score (nSPS) is 14.2. The molecule has 0 radical (unpaired) electrons. The van der Waals surface area contributed by atoms with E-state index in [1.54, 1.807) is 0 Å². The zero-order chi connectivity index (χ0) is 33.1. The van der Waals surface area contributed by atoms with Gasteiger partial charge in [0.15, 0.2) is 0 Å². The minimum atomic E-state index is -0.159. The number of fused-ring (bicyclic) bond motifs is 2. The molecule has 46 heavy (non-hydrogen) atoms. The van der Waals surface area contributed by atoms with Crippen molar-refractivity contribution in [3.05, 3.63) is 115 Å². The molecule has 0 unspecified atom stereocenters. The van der Waals surface area contributed by atoms with Crippen LogP contribution in [-0.2, 0) is 0 Å². The van der Waals surface area contributed by atoms with E-state index in [-0.39, 0.29) is 100 Å². The maximum atomic E-state index is 10.3. The fraction of sp³-hybridized carbons (Fsp3) is 0. The molecular weight excluding hydrogens is 572 g/mol. The van der Waals surface area contributed by atoms with Crippen molar-refractivity contribution in [1.29, 1.82) is 52.6 Å². The van der Waals surface area contributed by atoms with Gasteiger partial charge in [-0.25, -0.2) is 0 Å². The van der Waals surface area contributed by atoms with Crippen molar-refractivity contribution in [3.8, 4) is 60.7 Å². The minimum Gasteiger partial charge on any atom is -0.192 e. The molecule has 0 aliphatic heterocycles. The average molecular weight is 581 g/mol. The third kappa shape index (κ3) is 4.27. The predicted molar refractivity (Wildman–Crippen MR) is 159 cm³/mol. The van der Waals surface area contributed by atoms with Crippen LogP contribution in [0.25, 0.3) is 33.4 Å². The zero-order valence-electron chi connectivity index (χ0n) is 23.1. The van der Waals surface area contributed by atoms with Crippen LogP contribution < -0.4 is 0 Å². The molecule has 202 valence electrons. The maximum absolute atomic E-state index is 10.3. The highest BCUT2D eigenvalue weighted by Gasteiger charge is 2.37. The summed E-state index contributed by atoms with van der Waals surface area (Å²) in [6.07, 6.45) is 0. The van der Waals surface area contributed by atoms with Crippen molar-refractivity contribution < 1.29 is 0 Å². The summed E-state index contributed by atoms with van der Waals surface area (Å²) in [5.41, 5.74) is 0.771. The molecule has 0 fully saturated rings. The average Bonchev–Trinajstić information content (AvgIpc) is 3.57. The number of benzene rings is 3. The quantitative estimate of drug-likeness (QED) is 0.336. The molecule has 2 aliphatic carbocycles. The molecule has 0 aromatic heterocycles. The predicted octanol–water partition coefficient (Wildman–Crippen LogP) is 5.67. The van der Waals surface area contributed by atoms with Crippen molar-refractivity contribution in [1.82, 2.24) is 0 Å². The lowest BCUT2D eigenvalue weighted by Crippen LogP contribution is -1.97. The Bertz CT molecular complexity index is 2330. The van der Waals surface area contributed by atoms with Gasteiger partial charge in [0.2, 0.25) is 0 Å². The van der Waals surface area contributed by atoms with Gasteiger partial charge in [0.25, 0.3) is 0 Å². The lowest BCUT2D eigenvalue weighted by molar-refractivity contribution is 1.43. The summed E-state index contributed by atoms with van der Waals surface area (Å²) in [5, 5.41) is 99.4. The molecule has 0 saturated carbocycles. The summed E-state index contributed by atoms with van der Waals surface area (Å²) in [5.74, 6) is 0. The highest BCUT2D eigenvalue weighted by molar-refractivity contribution is 6.20. The highest BCUT2D eigenvalue weighted by Crippen LogP contribution is 2.51. The van der Waals surface area contributed by atoms with E-state index in [4.69, 9.17) is 0 Å². The number of hydrogen-bond donors (Lipinski definition) is 0. The maximum Gasteiger partial charge on any atom is 0.101 e. The van der Waals surface area contributed by atoms with Crippen molar-refractivity contribution in [3.63, 3.8) is 0 Å². The molecule has 10 nitrogen and oxygen atoms in total. The van der Waals surface area contributed by atoms with Crippen molar-refractivity contribution in [2.24, 2.45) is 0 Å². The van der Waals surface area contributed by atoms with E-state index < -0.39 is 0 Å². The number of hydrogen-bond acceptors (Lipinski definition) is 10. The monoisotopic (exact) mass is 580 g/mol. The largest absolute Gasteiger partial charge is 0.192 e. The summed E-state index contributed by atoms with van der Waals surface area (Å²) in [6.45, 7) is 0. The Morgan fingerprint density at radius 2 is 0.630 bits per heavy atom. The van der Waals surface area contributed by atoms with Gasteiger partial charge >= 0.3 is 0 Å². The van der Waals surface area contributed by atoms with E-state index in [1.165, 1.54) is 48.5 Å². The summed E-state index contributed by atoms with van der Waals surface area (Å²) in [7, 11) is 0. The topological polar surface area (TPSA) is 238 Å². The first kappa shape index (κ1) is 29.0. The van der Waals surface area contributed by atoms with Crippen LogP contribution in [0.3, 0.4) is 0 Å². The Hall–Kier alpha value is -8.48. The summed E-state index contributed by atoms with van der Waals surface area (Å²) in [4.78, 5) is 0. The molecule has 0 N–H and O–H groups in total. The fourth-order valence-electron chi connectivity index (χ4n) is 5.52. The van der Waals surface area contributed by atoms with E-state index >= 15 is 0 Å². The van der Waals surface area contributed by atoms with Crippen LogP contribution in [0.4, 0.5) is 0 Å². The van der Waals surface area contributed by atoms with Crippen LogP contribution in [0.2, 0.25) is 0 Å². The number of allylic oxidation sites excluding steroid dienone is 8. The summed E-state index contributed by atoms with van der Waals surface area (Å²) < 4.78 is 0. The molecule has 10 heteroatoms. The lowest BCUT2D eigenvalue weighted by atomic mass is 9.88. The van der Waals surface area contributed by atoms with Crippen LogP contribution in [0.1, 0.15) is 55.6 Å². The van der Waals surface area contributed by atoms with E-state index in [2.05, 4.69) is 0 Å². The third-order valence-electron chi connectivity index (χ3n) is 7.37. The van der Waals surface area contributed by atoms with Gasteiger partial charge in [-0.05, 0) is 70.8 Å². The molecular formula is C36H8N10. The second-order valence-electron chi connectivity index (χ2n) is 9.66. The van der Waals surface area contributed by atoms with Gasteiger partial charge in [0, 0.05) is 22.3 Å². The molecule has 0 amide bonds. The number of nitriles is 10. The van der Waals surface area contributed by atoms with Crippen molar-refractivity contribution in [2.45, 2.75) is 0 Å². The van der Waals surface area contributed by atoms with Gasteiger partial charge < -0.3 is 0 Å². The smallest absolute Gasteiger partial charge is 0.101 e. The minimum absolute atomic E-state index is 0.0347. The van der Waals surface area contributed by atoms with E-state index in [9.17, 15) is 52.6 Å². The molecule has 0 heterocycles. The molecule has 0 saturated heterocycles. The number of rotatable bonds is 2. The fourth-order valence-corrected chi connectivity index (χ4v) is 5.52. The van der Waals surface area contributed by atoms with Gasteiger partial charge in [0.1, 0.15) is 36.4 Å². The molecule has 0 bridgehead atoms. The van der Waals surface area contributed by atoms with Crippen LogP contribution >= 0.6 is 0 Å². The zero-order valence-corrected chi connectivity index (χ0v) is 23.1. The van der Waals surface area contributed by atoms with Crippen molar-refractivity contribution in [2.75, 3.05) is 0 Å². The Kier molecular flexibility index (Phi) is 7.21. The SMILES string of the molecule is N#CC1=C(C#N)c2cc3c(cc2/C1=C(/C#N)c1cc(C#N)cc(C#N)c1)C(C#N)=C(C#N)/C3=C(\C#N)c1cc(C#N)cc(C#N)c1. The first-order valence-corrected chi connectivity index (χ1v) is 12.9. The lowest BCUT2D eigenvalue weighted by Gasteiger charge is -2.12. The van der Waals surface area contributed by atoms with E-state index in [1.807, 2.05) is 60.7 Å². The van der Waals surface area contributed by atoms with Crippen LogP contribution in [0.5, 0.6) is 0 Å². The third-order valence-corrected chi connectivity index (χ3v) is 7.37. The first-order valence-electron chi connectivity index (χ1n) is 12.9. The molecule has 0 spiro atoms. The Morgan fingerprint density at radius 3 is 0.870 bits per heavy atom.